The van der Waals surface area contributed by atoms with Gasteiger partial charge in [0.25, 0.3) is 0 Å². The fraction of sp³-hybridized carbons (Fsp3) is 0.870. The van der Waals surface area contributed by atoms with Crippen LogP contribution in [0.25, 0.3) is 0 Å². The zero-order valence-electron chi connectivity index (χ0n) is 17.4. The van der Waals surface area contributed by atoms with Crippen LogP contribution in [-0.2, 0) is 14.3 Å². The normalized spacial score (nSPS) is 43.3. The Labute approximate surface area is 163 Å². The third kappa shape index (κ3) is 2.85. The number of hydrogen-bond acceptors (Lipinski definition) is 3. The maximum Gasteiger partial charge on any atom is 0.171 e. The van der Waals surface area contributed by atoms with E-state index in [1.165, 1.54) is 5.57 Å². The zero-order chi connectivity index (χ0) is 19.4. The number of carbonyl (C=O) groups is 1. The van der Waals surface area contributed by atoms with Crippen molar-refractivity contribution in [1.82, 2.24) is 0 Å². The topological polar surface area (TPSA) is 35.5 Å². The van der Waals surface area contributed by atoms with Gasteiger partial charge in [0, 0.05) is 38.9 Å². The van der Waals surface area contributed by atoms with E-state index in [0.717, 1.165) is 44.9 Å². The van der Waals surface area contributed by atoms with Crippen LogP contribution >= 0.6 is 0 Å². The summed E-state index contributed by atoms with van der Waals surface area (Å²) >= 11 is 0. The van der Waals surface area contributed by atoms with Crippen LogP contribution in [0.2, 0.25) is 0 Å². The zero-order valence-corrected chi connectivity index (χ0v) is 17.4. The molecule has 4 aliphatic carbocycles. The number of fused-ring (bicyclic) bond motifs is 4. The van der Waals surface area contributed by atoms with Gasteiger partial charge in [-0.1, -0.05) is 25.0 Å². The summed E-state index contributed by atoms with van der Waals surface area (Å²) in [4.78, 5) is 12.8. The molecule has 0 saturated heterocycles. The molecule has 3 nitrogen and oxygen atoms in total. The van der Waals surface area contributed by atoms with Gasteiger partial charge in [-0.15, -0.1) is 0 Å². The van der Waals surface area contributed by atoms with Crippen LogP contribution < -0.4 is 0 Å². The van der Waals surface area contributed by atoms with E-state index in [1.54, 1.807) is 19.8 Å². The van der Waals surface area contributed by atoms with Crippen molar-refractivity contribution in [1.29, 1.82) is 0 Å². The summed E-state index contributed by atoms with van der Waals surface area (Å²) in [5.74, 6) is 2.24. The summed E-state index contributed by atoms with van der Waals surface area (Å²) < 4.78 is 25.0. The van der Waals surface area contributed by atoms with Crippen molar-refractivity contribution < 1.29 is 18.7 Å². The van der Waals surface area contributed by atoms with Gasteiger partial charge in [0.15, 0.2) is 5.79 Å². The van der Waals surface area contributed by atoms with Crippen LogP contribution in [0.1, 0.15) is 65.2 Å². The Kier molecular flexibility index (Phi) is 5.04. The van der Waals surface area contributed by atoms with Gasteiger partial charge in [0.05, 0.1) is 6.67 Å². The predicted octanol–water partition coefficient (Wildman–Crippen LogP) is 5.09. The number of halogens is 1. The van der Waals surface area contributed by atoms with Gasteiger partial charge in [-0.05, 0) is 61.7 Å². The van der Waals surface area contributed by atoms with Crippen molar-refractivity contribution >= 4 is 5.78 Å². The molecular formula is C23H35FO3. The highest BCUT2D eigenvalue weighted by atomic mass is 19.1. The molecule has 4 aliphatic rings. The molecule has 0 radical (unpaired) electrons. The monoisotopic (exact) mass is 378 g/mol. The van der Waals surface area contributed by atoms with Crippen molar-refractivity contribution in [3.05, 3.63) is 11.1 Å². The highest BCUT2D eigenvalue weighted by Gasteiger charge is 2.60. The van der Waals surface area contributed by atoms with E-state index >= 15 is 0 Å². The van der Waals surface area contributed by atoms with E-state index in [0.29, 0.717) is 41.8 Å². The number of ketones is 1. The molecule has 4 rings (SSSR count). The Morgan fingerprint density at radius 3 is 2.63 bits per heavy atom. The van der Waals surface area contributed by atoms with Gasteiger partial charge in [-0.3, -0.25) is 9.18 Å². The molecule has 0 N–H and O–H groups in total. The van der Waals surface area contributed by atoms with E-state index in [9.17, 15) is 9.18 Å². The minimum atomic E-state index is -0.493. The fourth-order valence-corrected chi connectivity index (χ4v) is 7.50. The first-order valence-corrected chi connectivity index (χ1v) is 10.8. The third-order valence-corrected chi connectivity index (χ3v) is 8.77. The fourth-order valence-electron chi connectivity index (χ4n) is 7.50. The Morgan fingerprint density at radius 2 is 1.96 bits per heavy atom. The van der Waals surface area contributed by atoms with Gasteiger partial charge < -0.3 is 9.47 Å². The predicted molar refractivity (Wildman–Crippen MR) is 103 cm³/mol. The lowest BCUT2D eigenvalue weighted by Crippen LogP contribution is -2.52. The Bertz CT molecular complexity index is 638. The van der Waals surface area contributed by atoms with Gasteiger partial charge in [0.1, 0.15) is 5.78 Å². The summed E-state index contributed by atoms with van der Waals surface area (Å²) in [6.07, 6.45) is 7.02. The van der Waals surface area contributed by atoms with Gasteiger partial charge in [-0.2, -0.15) is 0 Å². The lowest BCUT2D eigenvalue weighted by atomic mass is 9.48. The lowest BCUT2D eigenvalue weighted by molar-refractivity contribution is -0.214. The summed E-state index contributed by atoms with van der Waals surface area (Å²) in [5.41, 5.74) is 2.85. The molecule has 4 heteroatoms. The van der Waals surface area contributed by atoms with Crippen LogP contribution in [0.5, 0.6) is 0 Å². The minimum Gasteiger partial charge on any atom is -0.353 e. The number of carbonyl (C=O) groups excluding carboxylic acids is 1. The second-order valence-electron chi connectivity index (χ2n) is 9.84. The highest BCUT2D eigenvalue weighted by molar-refractivity contribution is 5.87. The number of ether oxygens (including phenoxy) is 2. The molecule has 0 aromatic carbocycles. The van der Waals surface area contributed by atoms with Crippen molar-refractivity contribution in [2.24, 2.45) is 35.0 Å². The number of hydrogen-bond donors (Lipinski definition) is 0. The molecule has 3 unspecified atom stereocenters. The molecule has 27 heavy (non-hydrogen) atoms. The van der Waals surface area contributed by atoms with E-state index in [2.05, 4.69) is 13.8 Å². The number of Topliss-reactive ketones (excluding diaryl/α,β-unsaturated/α-hetero) is 1. The number of rotatable bonds is 4. The first-order valence-electron chi connectivity index (χ1n) is 10.8. The van der Waals surface area contributed by atoms with Crippen molar-refractivity contribution in [3.63, 3.8) is 0 Å². The summed E-state index contributed by atoms with van der Waals surface area (Å²) in [6, 6.07) is 0. The van der Waals surface area contributed by atoms with E-state index < -0.39 is 5.79 Å². The van der Waals surface area contributed by atoms with Crippen LogP contribution in [0.15, 0.2) is 11.1 Å². The molecule has 6 atom stereocenters. The molecule has 2 fully saturated rings. The molecule has 0 spiro atoms. The van der Waals surface area contributed by atoms with Crippen molar-refractivity contribution in [2.75, 3.05) is 20.9 Å². The largest absolute Gasteiger partial charge is 0.353 e. The Hall–Kier alpha value is -0.740. The quantitative estimate of drug-likeness (QED) is 0.505. The molecule has 2 saturated carbocycles. The molecule has 0 bridgehead atoms. The molecular weight excluding hydrogens is 343 g/mol. The van der Waals surface area contributed by atoms with Gasteiger partial charge in [-0.25, -0.2) is 0 Å². The smallest absolute Gasteiger partial charge is 0.171 e. The van der Waals surface area contributed by atoms with Crippen molar-refractivity contribution in [2.45, 2.75) is 71.0 Å². The maximum absolute atomic E-state index is 13.5. The van der Waals surface area contributed by atoms with E-state index in [4.69, 9.17) is 9.47 Å². The first-order chi connectivity index (χ1) is 12.9. The summed E-state index contributed by atoms with van der Waals surface area (Å²) in [5, 5.41) is 0. The molecule has 0 amide bonds. The standard InChI is InChI=1S/C23H35FO3/c1-14-11-16-13-23(26-3,27-4)9-7-17(16)21-15(8-10-24)12-22(2)18(20(14)21)5-6-19(22)25/h14-15,18,20-21H,5-13H2,1-4H3/t14-,15+,18?,20?,21?,22+/m1/s1. The second-order valence-corrected chi connectivity index (χ2v) is 9.84. The Morgan fingerprint density at radius 1 is 1.22 bits per heavy atom. The minimum absolute atomic E-state index is 0.217. The maximum atomic E-state index is 13.5. The third-order valence-electron chi connectivity index (χ3n) is 8.77. The second kappa shape index (κ2) is 6.95. The van der Waals surface area contributed by atoms with Gasteiger partial charge in [0.2, 0.25) is 0 Å². The molecule has 0 aromatic rings. The molecule has 0 aromatic heterocycles. The molecule has 0 aliphatic heterocycles. The summed E-state index contributed by atoms with van der Waals surface area (Å²) in [6.45, 7) is 4.27. The molecule has 152 valence electrons. The van der Waals surface area contributed by atoms with Crippen LogP contribution in [-0.4, -0.2) is 32.5 Å². The SMILES string of the molecule is COC1(OC)CCC2=C(C[C@@H](C)C3C2[C@@H](CCF)C[C@]2(C)C(=O)CCC32)C1. The number of alkyl halides is 1. The van der Waals surface area contributed by atoms with Crippen molar-refractivity contribution in [3.8, 4) is 0 Å². The van der Waals surface area contributed by atoms with Crippen LogP contribution in [0.3, 0.4) is 0 Å². The Balaban J connectivity index is 1.74. The van der Waals surface area contributed by atoms with Crippen LogP contribution in [0, 0.1) is 35.0 Å². The lowest BCUT2D eigenvalue weighted by Gasteiger charge is -2.56. The average Bonchev–Trinajstić information content (AvgIpc) is 2.95. The van der Waals surface area contributed by atoms with E-state index in [-0.39, 0.29) is 12.1 Å². The summed E-state index contributed by atoms with van der Waals surface area (Å²) in [7, 11) is 3.48. The highest BCUT2D eigenvalue weighted by Crippen LogP contribution is 2.64. The van der Waals surface area contributed by atoms with Crippen LogP contribution in [0.4, 0.5) is 4.39 Å². The van der Waals surface area contributed by atoms with E-state index in [1.807, 2.05) is 0 Å². The first kappa shape index (κ1) is 19.6. The number of allylic oxidation sites excluding steroid dienone is 1. The molecule has 0 heterocycles. The van der Waals surface area contributed by atoms with Gasteiger partial charge >= 0.3 is 0 Å². The average molecular weight is 379 g/mol. The number of methoxy groups -OCH3 is 2.